The second-order valence-corrected chi connectivity index (χ2v) is 6.40. The first-order valence-electron chi connectivity index (χ1n) is 5.65. The van der Waals surface area contributed by atoms with Crippen molar-refractivity contribution in [2.75, 3.05) is 4.72 Å². The maximum atomic E-state index is 11.8. The molecule has 0 spiro atoms. The number of ether oxygens (including phenoxy) is 1. The molecule has 0 aromatic heterocycles. The molecule has 0 fully saturated rings. The largest absolute Gasteiger partial charge is 0.478 e. The monoisotopic (exact) mass is 380 g/mol. The molecule has 3 N–H and O–H groups in total. The van der Waals surface area contributed by atoms with Gasteiger partial charge in [0, 0.05) is 4.47 Å². The van der Waals surface area contributed by atoms with Crippen molar-refractivity contribution in [3.63, 3.8) is 0 Å². The van der Waals surface area contributed by atoms with Crippen LogP contribution >= 0.6 is 15.9 Å². The Kier molecular flexibility index (Phi) is 5.55. The Labute approximate surface area is 129 Å². The summed E-state index contributed by atoms with van der Waals surface area (Å²) in [6.45, 7) is 3.10. The van der Waals surface area contributed by atoms with E-state index >= 15 is 0 Å². The summed E-state index contributed by atoms with van der Waals surface area (Å²) in [7, 11) is -4.33. The average molecular weight is 381 g/mol. The molecule has 0 aliphatic carbocycles. The third-order valence-electron chi connectivity index (χ3n) is 2.04. The molecular weight excluding hydrogens is 368 g/mol. The molecule has 0 bridgehead atoms. The maximum Gasteiger partial charge on any atom is 0.422 e. The minimum Gasteiger partial charge on any atom is -0.478 e. The molecular formula is C11H13BrN2O6S. The van der Waals surface area contributed by atoms with E-state index in [1.165, 1.54) is 18.2 Å². The van der Waals surface area contributed by atoms with E-state index in [0.717, 1.165) is 0 Å². The summed E-state index contributed by atoms with van der Waals surface area (Å²) in [6.07, 6.45) is -1.67. The van der Waals surface area contributed by atoms with E-state index in [2.05, 4.69) is 20.7 Å². The number of anilines is 1. The van der Waals surface area contributed by atoms with Gasteiger partial charge in [0.1, 0.15) is 0 Å². The third-order valence-corrected chi connectivity index (χ3v) is 3.61. The Morgan fingerprint density at radius 1 is 1.33 bits per heavy atom. The van der Waals surface area contributed by atoms with Crippen LogP contribution in [0.3, 0.4) is 0 Å². The van der Waals surface area contributed by atoms with Crippen molar-refractivity contribution in [1.29, 1.82) is 0 Å². The number of para-hydroxylation sites is 1. The molecule has 21 heavy (non-hydrogen) atoms. The minimum atomic E-state index is -4.33. The number of aromatic carboxylic acids is 1. The van der Waals surface area contributed by atoms with Gasteiger partial charge in [-0.15, -0.1) is 0 Å². The van der Waals surface area contributed by atoms with Crippen LogP contribution in [0.15, 0.2) is 22.7 Å². The molecule has 0 aliphatic rings. The Balaban J connectivity index is 3.00. The van der Waals surface area contributed by atoms with Gasteiger partial charge in [0.15, 0.2) is 0 Å². The highest BCUT2D eigenvalue weighted by atomic mass is 79.9. The van der Waals surface area contributed by atoms with Gasteiger partial charge in [0.2, 0.25) is 0 Å². The lowest BCUT2D eigenvalue weighted by molar-refractivity contribution is 0.0698. The van der Waals surface area contributed by atoms with E-state index in [0.29, 0.717) is 0 Å². The first kappa shape index (κ1) is 17.2. The molecule has 0 radical (unpaired) electrons. The Morgan fingerprint density at radius 2 is 1.95 bits per heavy atom. The summed E-state index contributed by atoms with van der Waals surface area (Å²) < 4.78 is 32.0. The van der Waals surface area contributed by atoms with Gasteiger partial charge in [-0.05, 0) is 41.9 Å². The molecule has 0 saturated carbocycles. The van der Waals surface area contributed by atoms with Crippen LogP contribution in [0.1, 0.15) is 24.2 Å². The summed E-state index contributed by atoms with van der Waals surface area (Å²) >= 11 is 3.04. The molecule has 0 saturated heterocycles. The number of rotatable bonds is 5. The summed E-state index contributed by atoms with van der Waals surface area (Å²) in [5, 5.41) is 9.02. The van der Waals surface area contributed by atoms with Gasteiger partial charge in [0.05, 0.1) is 17.4 Å². The molecule has 0 unspecified atom stereocenters. The number of carbonyl (C=O) groups excluding carboxylic acids is 1. The van der Waals surface area contributed by atoms with Crippen LogP contribution in [0.2, 0.25) is 0 Å². The molecule has 10 heteroatoms. The Hall–Kier alpha value is -1.81. The lowest BCUT2D eigenvalue weighted by atomic mass is 10.2. The lowest BCUT2D eigenvalue weighted by Gasteiger charge is -2.13. The Morgan fingerprint density at radius 3 is 2.48 bits per heavy atom. The summed E-state index contributed by atoms with van der Waals surface area (Å²) in [6, 6.07) is 4.11. The first-order chi connectivity index (χ1) is 9.62. The zero-order valence-corrected chi connectivity index (χ0v) is 13.5. The second kappa shape index (κ2) is 6.76. The number of carboxylic acid groups (broad SMARTS) is 1. The topological polar surface area (TPSA) is 122 Å². The predicted molar refractivity (Wildman–Crippen MR) is 78.4 cm³/mol. The molecule has 0 atom stereocenters. The van der Waals surface area contributed by atoms with E-state index < -0.39 is 28.4 Å². The summed E-state index contributed by atoms with van der Waals surface area (Å²) in [5.41, 5.74) is -0.471. The van der Waals surface area contributed by atoms with Crippen LogP contribution < -0.4 is 9.44 Å². The minimum absolute atomic E-state index is 0.199. The molecule has 1 rings (SSSR count). The zero-order chi connectivity index (χ0) is 16.2. The fraction of sp³-hybridized carbons (Fsp3) is 0.273. The molecule has 0 heterocycles. The molecule has 8 nitrogen and oxygen atoms in total. The number of carboxylic acids is 1. The van der Waals surface area contributed by atoms with Crippen LogP contribution in [-0.4, -0.2) is 31.7 Å². The van der Waals surface area contributed by atoms with E-state index in [1.54, 1.807) is 18.6 Å². The van der Waals surface area contributed by atoms with Crippen molar-refractivity contribution >= 4 is 43.9 Å². The fourth-order valence-electron chi connectivity index (χ4n) is 1.31. The molecule has 116 valence electrons. The van der Waals surface area contributed by atoms with Gasteiger partial charge in [-0.3, -0.25) is 4.72 Å². The van der Waals surface area contributed by atoms with Gasteiger partial charge in [0.25, 0.3) is 0 Å². The predicted octanol–water partition coefficient (Wildman–Crippen LogP) is 1.94. The van der Waals surface area contributed by atoms with E-state index in [9.17, 15) is 18.0 Å². The zero-order valence-electron chi connectivity index (χ0n) is 11.1. The van der Waals surface area contributed by atoms with Gasteiger partial charge < -0.3 is 9.84 Å². The Bertz CT molecular complexity index is 659. The normalized spacial score (nSPS) is 11.0. The number of carbonyl (C=O) groups is 2. The van der Waals surface area contributed by atoms with Crippen LogP contribution in [0, 0.1) is 0 Å². The maximum absolute atomic E-state index is 11.8. The average Bonchev–Trinajstić information content (AvgIpc) is 2.28. The number of hydrogen-bond donors (Lipinski definition) is 3. The lowest BCUT2D eigenvalue weighted by Crippen LogP contribution is -2.37. The quantitative estimate of drug-likeness (QED) is 0.717. The number of amides is 1. The number of nitrogens with one attached hydrogen (secondary N) is 2. The standard InChI is InChI=1S/C11H13BrN2O6S/c1-6(2)20-11(17)14-21(18,19)13-9-7(10(15)16)4-3-5-8(9)12/h3-6,13H,1-2H3,(H,14,17)(H,15,16). The van der Waals surface area contributed by atoms with Crippen molar-refractivity contribution in [2.24, 2.45) is 0 Å². The molecule has 1 aromatic carbocycles. The molecule has 1 amide bonds. The second-order valence-electron chi connectivity index (χ2n) is 4.13. The summed E-state index contributed by atoms with van der Waals surface area (Å²) in [5.74, 6) is -1.32. The van der Waals surface area contributed by atoms with E-state index in [1.807, 2.05) is 4.72 Å². The summed E-state index contributed by atoms with van der Waals surface area (Å²) in [4.78, 5) is 22.3. The van der Waals surface area contributed by atoms with Crippen molar-refractivity contribution < 1.29 is 27.9 Å². The third kappa shape index (κ3) is 5.23. The fourth-order valence-corrected chi connectivity index (χ4v) is 2.72. The first-order valence-corrected chi connectivity index (χ1v) is 7.93. The van der Waals surface area contributed by atoms with Gasteiger partial charge in [-0.25, -0.2) is 14.3 Å². The number of hydrogen-bond acceptors (Lipinski definition) is 5. The highest BCUT2D eigenvalue weighted by Gasteiger charge is 2.21. The van der Waals surface area contributed by atoms with Crippen LogP contribution in [-0.2, 0) is 14.9 Å². The van der Waals surface area contributed by atoms with Gasteiger partial charge in [-0.2, -0.15) is 8.42 Å². The van der Waals surface area contributed by atoms with Crippen molar-refractivity contribution in [3.8, 4) is 0 Å². The molecule has 1 aromatic rings. The number of halogens is 1. The van der Waals surface area contributed by atoms with Crippen molar-refractivity contribution in [1.82, 2.24) is 4.72 Å². The van der Waals surface area contributed by atoms with Crippen LogP contribution in [0.5, 0.6) is 0 Å². The van der Waals surface area contributed by atoms with Crippen molar-refractivity contribution in [2.45, 2.75) is 20.0 Å². The van der Waals surface area contributed by atoms with Gasteiger partial charge >= 0.3 is 22.3 Å². The van der Waals surface area contributed by atoms with Gasteiger partial charge in [-0.1, -0.05) is 6.07 Å². The van der Waals surface area contributed by atoms with Crippen LogP contribution in [0.4, 0.5) is 10.5 Å². The highest BCUT2D eigenvalue weighted by Crippen LogP contribution is 2.27. The van der Waals surface area contributed by atoms with Crippen LogP contribution in [0.25, 0.3) is 0 Å². The van der Waals surface area contributed by atoms with E-state index in [4.69, 9.17) is 5.11 Å². The van der Waals surface area contributed by atoms with Crippen molar-refractivity contribution in [3.05, 3.63) is 28.2 Å². The van der Waals surface area contributed by atoms with E-state index in [-0.39, 0.29) is 15.7 Å². The number of benzene rings is 1. The SMILES string of the molecule is CC(C)OC(=O)NS(=O)(=O)Nc1c(Br)cccc1C(=O)O. The highest BCUT2D eigenvalue weighted by molar-refractivity contribution is 9.10. The molecule has 0 aliphatic heterocycles. The smallest absolute Gasteiger partial charge is 0.422 e.